The predicted octanol–water partition coefficient (Wildman–Crippen LogP) is 11.1. The second kappa shape index (κ2) is 23.3. The average Bonchev–Trinajstić information content (AvgIpc) is 3.74. The lowest BCUT2D eigenvalue weighted by atomic mass is 9.93. The Balaban J connectivity index is 0.000000276. The fourth-order valence-corrected chi connectivity index (χ4v) is 11.6. The number of rotatable bonds is 15. The summed E-state index contributed by atoms with van der Waals surface area (Å²) in [5.41, 5.74) is 0.0191. The number of carbonyl (C=O) groups excluding carboxylic acids is 2. The lowest BCUT2D eigenvalue weighted by molar-refractivity contribution is 0.0423. The number of amides is 2. The van der Waals surface area contributed by atoms with Crippen LogP contribution < -0.4 is 29.3 Å². The number of ether oxygens (including phenoxy) is 3. The number of benzene rings is 2. The third-order valence-electron chi connectivity index (χ3n) is 13.4. The van der Waals surface area contributed by atoms with Gasteiger partial charge in [-0.15, -0.1) is 0 Å². The van der Waals surface area contributed by atoms with E-state index in [4.69, 9.17) is 19.2 Å². The van der Waals surface area contributed by atoms with E-state index in [0.717, 1.165) is 19.4 Å². The van der Waals surface area contributed by atoms with Crippen LogP contribution in [0.25, 0.3) is 22.5 Å². The molecule has 5 heterocycles. The molecule has 3 atom stereocenters. The molecule has 76 heavy (non-hydrogen) atoms. The Hall–Kier alpha value is -6.08. The fourth-order valence-electron chi connectivity index (χ4n) is 10.3. The van der Waals surface area contributed by atoms with Crippen molar-refractivity contribution in [1.29, 1.82) is 0 Å². The van der Waals surface area contributed by atoms with Gasteiger partial charge in [-0.2, -0.15) is 12.7 Å². The number of anilines is 2. The Morgan fingerprint density at radius 1 is 0.750 bits per heavy atom. The van der Waals surface area contributed by atoms with Crippen molar-refractivity contribution in [2.45, 2.75) is 145 Å². The maximum atomic E-state index is 14.7. The van der Waals surface area contributed by atoms with E-state index in [0.29, 0.717) is 96.0 Å². The monoisotopic (exact) mass is 1080 g/mol. The van der Waals surface area contributed by atoms with Gasteiger partial charge >= 0.3 is 22.3 Å². The van der Waals surface area contributed by atoms with E-state index in [1.807, 2.05) is 32.6 Å². The number of carboxylic acid groups (broad SMARTS) is 1. The van der Waals surface area contributed by atoms with Gasteiger partial charge in [0.15, 0.2) is 0 Å². The molecule has 0 saturated carbocycles. The minimum absolute atomic E-state index is 0.0453. The first-order valence-corrected chi connectivity index (χ1v) is 27.7. The summed E-state index contributed by atoms with van der Waals surface area (Å²) in [6.07, 6.45) is 2.15. The van der Waals surface area contributed by atoms with Crippen LogP contribution in [0.4, 0.5) is 25.2 Å². The number of hydrogen-bond acceptors (Lipinski definition) is 12. The molecule has 2 aromatic carbocycles. The summed E-state index contributed by atoms with van der Waals surface area (Å²) in [5.74, 6) is 0.101. The quantitative estimate of drug-likeness (QED) is 0.102. The second-order valence-electron chi connectivity index (χ2n) is 24.2. The number of nitrogens with one attached hydrogen (secondary N) is 2. The number of piperidine rings is 1. The van der Waals surface area contributed by atoms with Crippen LogP contribution in [-0.4, -0.2) is 107 Å². The third-order valence-corrected chi connectivity index (χ3v) is 14.8. The average molecular weight is 1080 g/mol. The molecule has 4 aromatic rings. The van der Waals surface area contributed by atoms with Crippen LogP contribution in [0.5, 0.6) is 11.5 Å². The van der Waals surface area contributed by atoms with Gasteiger partial charge in [-0.25, -0.2) is 33.1 Å². The molecule has 0 bridgehead atoms. The van der Waals surface area contributed by atoms with Crippen LogP contribution in [0.3, 0.4) is 0 Å². The van der Waals surface area contributed by atoms with E-state index in [9.17, 15) is 36.7 Å². The maximum Gasteiger partial charge on any atom is 0.408 e. The highest BCUT2D eigenvalue weighted by molar-refractivity contribution is 7.87. The molecule has 0 spiro atoms. The summed E-state index contributed by atoms with van der Waals surface area (Å²) in [6, 6.07) is 15.2. The number of aromatic nitrogens is 2. The van der Waals surface area contributed by atoms with Crippen LogP contribution in [0.15, 0.2) is 60.7 Å². The van der Waals surface area contributed by atoms with Crippen molar-refractivity contribution in [3.63, 3.8) is 0 Å². The van der Waals surface area contributed by atoms with E-state index in [1.54, 1.807) is 58.0 Å². The van der Waals surface area contributed by atoms with Gasteiger partial charge < -0.3 is 34.4 Å². The van der Waals surface area contributed by atoms with Crippen molar-refractivity contribution in [2.24, 2.45) is 23.7 Å². The zero-order valence-electron chi connectivity index (χ0n) is 46.8. The van der Waals surface area contributed by atoms with Gasteiger partial charge in [0, 0.05) is 60.5 Å². The molecule has 16 nitrogen and oxygen atoms in total. The number of pyridine rings is 2. The lowest BCUT2D eigenvalue weighted by Gasteiger charge is -2.40. The molecule has 3 aliphatic heterocycles. The van der Waals surface area contributed by atoms with Crippen LogP contribution in [0.2, 0.25) is 0 Å². The van der Waals surface area contributed by atoms with Crippen LogP contribution in [0, 0.1) is 35.3 Å². The van der Waals surface area contributed by atoms with Gasteiger partial charge in [0.25, 0.3) is 5.91 Å². The van der Waals surface area contributed by atoms with Crippen LogP contribution >= 0.6 is 0 Å². The summed E-state index contributed by atoms with van der Waals surface area (Å²) in [6.45, 7) is 30.0. The number of carboxylic acids is 1. The van der Waals surface area contributed by atoms with Gasteiger partial charge in [0.1, 0.15) is 45.9 Å². The van der Waals surface area contributed by atoms with Crippen molar-refractivity contribution in [2.75, 3.05) is 49.2 Å². The largest absolute Gasteiger partial charge is 0.493 e. The standard InChI is InChI=1S/C34H50FN5O6S.C23H29FN2O3/c1-22(2)20-45-26-16-24(15-25(35)17-26)28-12-11-27(29(36-28)40-19-23(3)18-33(40,7)8)30(41)38-47(43,44)39-14-10-13-34(9,21-39)37-31(42)46-32(4,5)6;1-14(2)13-29-18-9-16(8-17(24)10-18)20-7-6-19(22(27)28)21(25-20)26-12-15(3)11-23(26,4)5/h11-12,15-17,22-23H,10,13-14,18-21H2,1-9H3,(H,37,42)(H,38,41);6-10,14-15H,11-13H2,1-5H3,(H,27,28). The maximum absolute atomic E-state index is 14.7. The Kier molecular flexibility index (Phi) is 18.1. The fraction of sp³-hybridized carbons (Fsp3) is 0.561. The summed E-state index contributed by atoms with van der Waals surface area (Å²) in [7, 11) is -4.31. The summed E-state index contributed by atoms with van der Waals surface area (Å²) < 4.78 is 76.4. The summed E-state index contributed by atoms with van der Waals surface area (Å²) in [5, 5.41) is 12.5. The molecule has 416 valence electrons. The zero-order valence-corrected chi connectivity index (χ0v) is 47.6. The zero-order chi connectivity index (χ0) is 56.3. The van der Waals surface area contributed by atoms with Crippen LogP contribution in [-0.2, 0) is 14.9 Å². The molecule has 19 heteroatoms. The number of hydrogen-bond donors (Lipinski definition) is 3. The summed E-state index contributed by atoms with van der Waals surface area (Å²) >= 11 is 0. The molecular weight excluding hydrogens is 997 g/mol. The first-order chi connectivity index (χ1) is 35.2. The molecule has 3 saturated heterocycles. The SMILES string of the molecule is CC(C)COc1cc(F)cc(-c2ccc(C(=O)NS(=O)(=O)N3CCCC(C)(NC(=O)OC(C)(C)C)C3)c(N3CC(C)CC3(C)C)n2)c1.CC(C)COc1cc(F)cc(-c2ccc(C(=O)O)c(N3CC(C)CC3(C)C)n2)c1. The van der Waals surface area contributed by atoms with E-state index in [1.165, 1.54) is 34.6 Å². The highest BCUT2D eigenvalue weighted by Crippen LogP contribution is 2.41. The molecule has 7 rings (SSSR count). The van der Waals surface area contributed by atoms with E-state index in [2.05, 4.69) is 61.5 Å². The molecule has 3 fully saturated rings. The number of aromatic carboxylic acids is 1. The van der Waals surface area contributed by atoms with Crippen molar-refractivity contribution in [3.8, 4) is 34.0 Å². The normalized spacial score (nSPS) is 20.5. The molecule has 3 aliphatic rings. The molecule has 3 N–H and O–H groups in total. The second-order valence-corrected chi connectivity index (χ2v) is 25.9. The molecule has 0 aliphatic carbocycles. The predicted molar refractivity (Wildman–Crippen MR) is 292 cm³/mol. The number of nitrogens with zero attached hydrogens (tertiary/aromatic N) is 5. The topological polar surface area (TPSA) is 193 Å². The molecule has 2 aromatic heterocycles. The van der Waals surface area contributed by atoms with E-state index >= 15 is 0 Å². The van der Waals surface area contributed by atoms with Gasteiger partial charge in [-0.05, 0) is 153 Å². The molecule has 2 amide bonds. The smallest absolute Gasteiger partial charge is 0.408 e. The molecule has 0 radical (unpaired) electrons. The van der Waals surface area contributed by atoms with Crippen LogP contribution in [0.1, 0.15) is 143 Å². The van der Waals surface area contributed by atoms with E-state index < -0.39 is 51.0 Å². The number of halogens is 2. The highest BCUT2D eigenvalue weighted by atomic mass is 32.2. The Bertz CT molecular complexity index is 2870. The van der Waals surface area contributed by atoms with Crippen molar-refractivity contribution in [1.82, 2.24) is 24.3 Å². The van der Waals surface area contributed by atoms with E-state index in [-0.39, 0.29) is 41.2 Å². The number of alkyl carbamates (subject to hydrolysis) is 1. The Labute approximate surface area is 448 Å². The minimum Gasteiger partial charge on any atom is -0.493 e. The summed E-state index contributed by atoms with van der Waals surface area (Å²) in [4.78, 5) is 51.8. The molecule has 3 unspecified atom stereocenters. The van der Waals surface area contributed by atoms with Crippen molar-refractivity contribution in [3.05, 3.63) is 83.4 Å². The molecular formula is C57H79F2N7O9S. The first kappa shape index (κ1) is 59.2. The third kappa shape index (κ3) is 15.3. The van der Waals surface area contributed by atoms with Gasteiger partial charge in [0.2, 0.25) is 0 Å². The first-order valence-electron chi connectivity index (χ1n) is 26.2. The van der Waals surface area contributed by atoms with Gasteiger partial charge in [0.05, 0.1) is 35.7 Å². The van der Waals surface area contributed by atoms with Gasteiger partial charge in [-0.3, -0.25) is 4.79 Å². The number of carbonyl (C=O) groups is 3. The van der Waals surface area contributed by atoms with Gasteiger partial charge in [-0.1, -0.05) is 41.5 Å². The Morgan fingerprint density at radius 3 is 1.63 bits per heavy atom. The Morgan fingerprint density at radius 2 is 1.21 bits per heavy atom. The lowest BCUT2D eigenvalue weighted by Crippen LogP contribution is -2.60. The van der Waals surface area contributed by atoms with Crippen molar-refractivity contribution >= 4 is 39.8 Å². The van der Waals surface area contributed by atoms with Crippen molar-refractivity contribution < 1.29 is 50.9 Å². The minimum atomic E-state index is -4.31. The highest BCUT2D eigenvalue weighted by Gasteiger charge is 2.42.